The first-order valence-corrected chi connectivity index (χ1v) is 5.99. The first kappa shape index (κ1) is 11.4. The Morgan fingerprint density at radius 2 is 2.21 bits per heavy atom. The second-order valence-corrected chi connectivity index (χ2v) is 4.22. The fraction of sp³-hybridized carbons (Fsp3) is 0.455. The van der Waals surface area contributed by atoms with Gasteiger partial charge in [-0.15, -0.1) is 11.8 Å². The Labute approximate surface area is 89.5 Å². The molecule has 0 aliphatic carbocycles. The molecule has 1 aromatic rings. The van der Waals surface area contributed by atoms with Crippen molar-refractivity contribution in [3.63, 3.8) is 0 Å². The number of rotatable bonds is 4. The quantitative estimate of drug-likeness (QED) is 0.752. The Hall–Kier alpha value is -0.670. The van der Waals surface area contributed by atoms with E-state index in [2.05, 4.69) is 6.92 Å². The molecule has 2 nitrogen and oxygen atoms in total. The summed E-state index contributed by atoms with van der Waals surface area (Å²) < 4.78 is 0. The van der Waals surface area contributed by atoms with Crippen LogP contribution in [0.3, 0.4) is 0 Å². The maximum Gasteiger partial charge on any atom is 0.120 e. The molecule has 1 aromatic carbocycles. The number of nitrogens with two attached hydrogens (primary N) is 1. The van der Waals surface area contributed by atoms with Crippen LogP contribution >= 0.6 is 11.8 Å². The van der Waals surface area contributed by atoms with Gasteiger partial charge < -0.3 is 10.8 Å². The van der Waals surface area contributed by atoms with Gasteiger partial charge in [0.05, 0.1) is 0 Å². The average Bonchev–Trinajstić information content (AvgIpc) is 2.17. The topological polar surface area (TPSA) is 46.2 Å². The molecule has 0 heterocycles. The molecule has 0 spiro atoms. The van der Waals surface area contributed by atoms with E-state index >= 15 is 0 Å². The number of phenolic OH excluding ortho intramolecular Hbond substituents is 1. The Morgan fingerprint density at radius 1 is 1.50 bits per heavy atom. The fourth-order valence-corrected chi connectivity index (χ4v) is 2.34. The lowest BCUT2D eigenvalue weighted by atomic mass is 9.97. The Balaban J connectivity index is 3.03. The monoisotopic (exact) mass is 211 g/mol. The molecular weight excluding hydrogens is 194 g/mol. The molecule has 0 aliphatic heterocycles. The van der Waals surface area contributed by atoms with Crippen LogP contribution in [0.1, 0.15) is 24.8 Å². The molecule has 0 aliphatic rings. The smallest absolute Gasteiger partial charge is 0.120 e. The maximum atomic E-state index is 9.77. The molecule has 14 heavy (non-hydrogen) atoms. The molecule has 0 fully saturated rings. The van der Waals surface area contributed by atoms with Crippen molar-refractivity contribution in [1.29, 1.82) is 0 Å². The summed E-state index contributed by atoms with van der Waals surface area (Å²) in [7, 11) is 0. The molecule has 0 saturated carbocycles. The summed E-state index contributed by atoms with van der Waals surface area (Å²) in [6.45, 7) is 2.75. The predicted molar refractivity (Wildman–Crippen MR) is 62.0 cm³/mol. The molecule has 0 saturated heterocycles. The number of aromatic hydroxyl groups is 1. The van der Waals surface area contributed by atoms with Crippen molar-refractivity contribution in [2.75, 3.05) is 12.8 Å². The summed E-state index contributed by atoms with van der Waals surface area (Å²) in [5.41, 5.74) is 6.55. The second-order valence-electron chi connectivity index (χ2n) is 3.37. The highest BCUT2D eigenvalue weighted by Crippen LogP contribution is 2.35. The van der Waals surface area contributed by atoms with Gasteiger partial charge >= 0.3 is 0 Å². The van der Waals surface area contributed by atoms with Crippen LogP contribution in [0, 0.1) is 0 Å². The van der Waals surface area contributed by atoms with Crippen molar-refractivity contribution in [3.8, 4) is 5.75 Å². The standard InChI is InChI=1S/C11H17NOS/c1-8(6-7-12)11-9(13)4-3-5-10(11)14-2/h3-5,8,13H,6-7,12H2,1-2H3. The molecule has 78 valence electrons. The molecule has 3 heteroatoms. The Bertz CT molecular complexity index is 301. The third-order valence-electron chi connectivity index (χ3n) is 2.36. The SMILES string of the molecule is CSc1cccc(O)c1C(C)CCN. The van der Waals surface area contributed by atoms with E-state index in [4.69, 9.17) is 5.73 Å². The number of hydrogen-bond donors (Lipinski definition) is 2. The zero-order chi connectivity index (χ0) is 10.6. The third kappa shape index (κ3) is 2.42. The van der Waals surface area contributed by atoms with Crippen LogP contribution in [0.4, 0.5) is 0 Å². The zero-order valence-corrected chi connectivity index (χ0v) is 9.47. The lowest BCUT2D eigenvalue weighted by Gasteiger charge is -2.15. The third-order valence-corrected chi connectivity index (χ3v) is 3.15. The number of hydrogen-bond acceptors (Lipinski definition) is 3. The summed E-state index contributed by atoms with van der Waals surface area (Å²) in [5.74, 6) is 0.710. The summed E-state index contributed by atoms with van der Waals surface area (Å²) in [4.78, 5) is 1.14. The van der Waals surface area contributed by atoms with Gasteiger partial charge in [-0.25, -0.2) is 0 Å². The molecule has 1 atom stereocenters. The van der Waals surface area contributed by atoms with Gasteiger partial charge in [-0.3, -0.25) is 0 Å². The number of benzene rings is 1. The molecule has 1 unspecified atom stereocenters. The highest BCUT2D eigenvalue weighted by atomic mass is 32.2. The van der Waals surface area contributed by atoms with E-state index in [-0.39, 0.29) is 0 Å². The van der Waals surface area contributed by atoms with E-state index in [1.54, 1.807) is 17.8 Å². The van der Waals surface area contributed by atoms with Gasteiger partial charge in [0.1, 0.15) is 5.75 Å². The molecule has 1 rings (SSSR count). The van der Waals surface area contributed by atoms with E-state index in [0.29, 0.717) is 18.2 Å². The Kier molecular flexibility index (Phi) is 4.29. The zero-order valence-electron chi connectivity index (χ0n) is 8.66. The minimum absolute atomic E-state index is 0.323. The summed E-state index contributed by atoms with van der Waals surface area (Å²) in [5, 5.41) is 9.77. The first-order chi connectivity index (χ1) is 6.70. The fourth-order valence-electron chi connectivity index (χ4n) is 1.60. The van der Waals surface area contributed by atoms with Crippen molar-refractivity contribution in [3.05, 3.63) is 23.8 Å². The normalized spacial score (nSPS) is 12.8. The predicted octanol–water partition coefficient (Wildman–Crippen LogP) is 2.57. The van der Waals surface area contributed by atoms with E-state index in [1.807, 2.05) is 18.4 Å². The van der Waals surface area contributed by atoms with Crippen molar-refractivity contribution in [2.45, 2.75) is 24.2 Å². The van der Waals surface area contributed by atoms with Gasteiger partial charge in [-0.05, 0) is 37.3 Å². The van der Waals surface area contributed by atoms with E-state index in [1.165, 1.54) is 0 Å². The van der Waals surface area contributed by atoms with Crippen molar-refractivity contribution in [1.82, 2.24) is 0 Å². The Morgan fingerprint density at radius 3 is 2.79 bits per heavy atom. The van der Waals surface area contributed by atoms with Crippen molar-refractivity contribution >= 4 is 11.8 Å². The van der Waals surface area contributed by atoms with Crippen LogP contribution < -0.4 is 5.73 Å². The van der Waals surface area contributed by atoms with Gasteiger partial charge in [0, 0.05) is 10.5 Å². The van der Waals surface area contributed by atoms with Crippen LogP contribution in [0.25, 0.3) is 0 Å². The largest absolute Gasteiger partial charge is 0.508 e. The molecule has 0 amide bonds. The van der Waals surface area contributed by atoms with Crippen LogP contribution in [-0.2, 0) is 0 Å². The second kappa shape index (κ2) is 5.27. The first-order valence-electron chi connectivity index (χ1n) is 4.76. The molecule has 0 radical (unpaired) electrons. The highest BCUT2D eigenvalue weighted by Gasteiger charge is 2.13. The van der Waals surface area contributed by atoms with Gasteiger partial charge in [0.2, 0.25) is 0 Å². The minimum Gasteiger partial charge on any atom is -0.508 e. The van der Waals surface area contributed by atoms with E-state index in [9.17, 15) is 5.11 Å². The van der Waals surface area contributed by atoms with Crippen LogP contribution in [0.15, 0.2) is 23.1 Å². The number of thioether (sulfide) groups is 1. The van der Waals surface area contributed by atoms with Crippen molar-refractivity contribution < 1.29 is 5.11 Å². The van der Waals surface area contributed by atoms with Gasteiger partial charge in [-0.1, -0.05) is 13.0 Å². The van der Waals surface area contributed by atoms with Crippen LogP contribution in [-0.4, -0.2) is 17.9 Å². The number of phenols is 1. The lowest BCUT2D eigenvalue weighted by molar-refractivity contribution is 0.458. The maximum absolute atomic E-state index is 9.77. The van der Waals surface area contributed by atoms with E-state index < -0.39 is 0 Å². The average molecular weight is 211 g/mol. The van der Waals surface area contributed by atoms with E-state index in [0.717, 1.165) is 16.9 Å². The van der Waals surface area contributed by atoms with Crippen molar-refractivity contribution in [2.24, 2.45) is 5.73 Å². The highest BCUT2D eigenvalue weighted by molar-refractivity contribution is 7.98. The summed E-state index contributed by atoms with van der Waals surface area (Å²) in [6.07, 6.45) is 2.93. The molecular formula is C11H17NOS. The molecule has 3 N–H and O–H groups in total. The molecule has 0 aromatic heterocycles. The van der Waals surface area contributed by atoms with Gasteiger partial charge in [0.25, 0.3) is 0 Å². The molecule has 0 bridgehead atoms. The van der Waals surface area contributed by atoms with Gasteiger partial charge in [-0.2, -0.15) is 0 Å². The van der Waals surface area contributed by atoms with Crippen LogP contribution in [0.2, 0.25) is 0 Å². The summed E-state index contributed by atoms with van der Waals surface area (Å²) >= 11 is 1.66. The van der Waals surface area contributed by atoms with Crippen LogP contribution in [0.5, 0.6) is 5.75 Å². The summed E-state index contributed by atoms with van der Waals surface area (Å²) in [6, 6.07) is 5.65. The lowest BCUT2D eigenvalue weighted by Crippen LogP contribution is -2.05. The minimum atomic E-state index is 0.323. The van der Waals surface area contributed by atoms with Gasteiger partial charge in [0.15, 0.2) is 0 Å².